The highest BCUT2D eigenvalue weighted by molar-refractivity contribution is 7.15. The lowest BCUT2D eigenvalue weighted by Crippen LogP contribution is -2.08. The number of nitrogens with zero attached hydrogens (tertiary/aromatic N) is 2. The summed E-state index contributed by atoms with van der Waals surface area (Å²) in [5.74, 6) is 0. The average Bonchev–Trinajstić information content (AvgIpc) is 2.32. The van der Waals surface area contributed by atoms with E-state index in [1.165, 1.54) is 0 Å². The molecule has 0 aromatic carbocycles. The molecule has 1 aromatic heterocycles. The molecule has 68 valence electrons. The zero-order valence-corrected chi connectivity index (χ0v) is 8.83. The van der Waals surface area contributed by atoms with Gasteiger partial charge in [-0.2, -0.15) is 0 Å². The van der Waals surface area contributed by atoms with Gasteiger partial charge < -0.3 is 5.32 Å². The van der Waals surface area contributed by atoms with Crippen molar-refractivity contribution in [2.45, 2.75) is 27.2 Å². The van der Waals surface area contributed by atoms with Crippen molar-refractivity contribution >= 4 is 16.5 Å². The molecule has 0 unspecified atom stereocenters. The number of hydrogen-bond acceptors (Lipinski definition) is 4. The molecule has 3 nitrogen and oxygen atoms in total. The predicted molar refractivity (Wildman–Crippen MR) is 52.6 cm³/mol. The summed E-state index contributed by atoms with van der Waals surface area (Å²) < 4.78 is 0. The fraction of sp³-hybridized carbons (Fsp3) is 0.750. The van der Waals surface area contributed by atoms with E-state index in [0.717, 1.165) is 16.6 Å². The van der Waals surface area contributed by atoms with Crippen molar-refractivity contribution in [1.82, 2.24) is 10.2 Å². The minimum atomic E-state index is 0.296. The lowest BCUT2D eigenvalue weighted by Gasteiger charge is -2.14. The van der Waals surface area contributed by atoms with Crippen LogP contribution >= 0.6 is 11.3 Å². The fourth-order valence-corrected chi connectivity index (χ4v) is 1.87. The number of hydrogen-bond donors (Lipinski definition) is 1. The molecule has 0 saturated carbocycles. The Balaban J connectivity index is 2.64. The van der Waals surface area contributed by atoms with Crippen LogP contribution in [-0.2, 0) is 6.42 Å². The van der Waals surface area contributed by atoms with E-state index in [1.54, 1.807) is 11.3 Å². The van der Waals surface area contributed by atoms with E-state index in [-0.39, 0.29) is 0 Å². The van der Waals surface area contributed by atoms with E-state index < -0.39 is 0 Å². The van der Waals surface area contributed by atoms with E-state index in [2.05, 4.69) is 36.3 Å². The van der Waals surface area contributed by atoms with E-state index in [9.17, 15) is 0 Å². The van der Waals surface area contributed by atoms with Crippen LogP contribution in [-0.4, -0.2) is 17.2 Å². The van der Waals surface area contributed by atoms with Crippen LogP contribution in [0.3, 0.4) is 0 Å². The molecule has 0 amide bonds. The molecule has 0 spiro atoms. The van der Waals surface area contributed by atoms with Gasteiger partial charge in [0.2, 0.25) is 5.13 Å². The summed E-state index contributed by atoms with van der Waals surface area (Å²) in [6, 6.07) is 0. The summed E-state index contributed by atoms with van der Waals surface area (Å²) in [6.07, 6.45) is 0.992. The van der Waals surface area contributed by atoms with Crippen LogP contribution in [0, 0.1) is 5.41 Å². The van der Waals surface area contributed by atoms with Crippen LogP contribution in [0.2, 0.25) is 0 Å². The van der Waals surface area contributed by atoms with Crippen molar-refractivity contribution in [3.8, 4) is 0 Å². The lowest BCUT2D eigenvalue weighted by atomic mass is 9.93. The molecular weight excluding hydrogens is 170 g/mol. The molecule has 1 heterocycles. The molecular formula is C8H15N3S. The van der Waals surface area contributed by atoms with Gasteiger partial charge in [0, 0.05) is 13.5 Å². The average molecular weight is 185 g/mol. The Morgan fingerprint density at radius 2 is 2.00 bits per heavy atom. The highest BCUT2D eigenvalue weighted by Gasteiger charge is 2.14. The maximum atomic E-state index is 4.08. The molecule has 0 saturated heterocycles. The fourth-order valence-electron chi connectivity index (χ4n) is 0.880. The second kappa shape index (κ2) is 3.39. The second-order valence-corrected chi connectivity index (χ2v) is 5.05. The van der Waals surface area contributed by atoms with Crippen molar-refractivity contribution in [3.63, 3.8) is 0 Å². The highest BCUT2D eigenvalue weighted by Crippen LogP contribution is 2.24. The number of rotatable bonds is 2. The smallest absolute Gasteiger partial charge is 0.205 e. The normalized spacial score (nSPS) is 11.7. The Bertz CT molecular complexity index is 249. The van der Waals surface area contributed by atoms with Crippen molar-refractivity contribution in [2.75, 3.05) is 12.4 Å². The number of anilines is 1. The Morgan fingerprint density at radius 1 is 1.33 bits per heavy atom. The first-order chi connectivity index (χ1) is 5.51. The first-order valence-corrected chi connectivity index (χ1v) is 4.83. The first kappa shape index (κ1) is 9.45. The molecule has 1 rings (SSSR count). The van der Waals surface area contributed by atoms with Crippen LogP contribution in [0.5, 0.6) is 0 Å². The Morgan fingerprint density at radius 3 is 2.42 bits per heavy atom. The molecule has 4 heteroatoms. The van der Waals surface area contributed by atoms with Crippen molar-refractivity contribution < 1.29 is 0 Å². The van der Waals surface area contributed by atoms with E-state index in [0.29, 0.717) is 5.41 Å². The quantitative estimate of drug-likeness (QED) is 0.767. The largest absolute Gasteiger partial charge is 0.363 e. The summed E-state index contributed by atoms with van der Waals surface area (Å²) >= 11 is 1.63. The van der Waals surface area contributed by atoms with E-state index in [1.807, 2.05) is 7.05 Å². The number of nitrogens with one attached hydrogen (secondary N) is 1. The Kier molecular flexibility index (Phi) is 2.67. The lowest BCUT2D eigenvalue weighted by molar-refractivity contribution is 0.409. The maximum absolute atomic E-state index is 4.08. The molecule has 0 radical (unpaired) electrons. The van der Waals surface area contributed by atoms with Gasteiger partial charge in [0.1, 0.15) is 5.01 Å². The monoisotopic (exact) mass is 185 g/mol. The van der Waals surface area contributed by atoms with Crippen LogP contribution in [0.1, 0.15) is 25.8 Å². The zero-order valence-electron chi connectivity index (χ0n) is 8.01. The van der Waals surface area contributed by atoms with Gasteiger partial charge in [-0.1, -0.05) is 32.1 Å². The summed E-state index contributed by atoms with van der Waals surface area (Å²) in [5.41, 5.74) is 0.296. The standard InChI is InChI=1S/C8H15N3S/c1-8(2,3)5-6-10-11-7(9-4)12-6/h5H2,1-4H3,(H,9,11). The minimum Gasteiger partial charge on any atom is -0.363 e. The zero-order chi connectivity index (χ0) is 9.19. The van der Waals surface area contributed by atoms with E-state index >= 15 is 0 Å². The molecule has 12 heavy (non-hydrogen) atoms. The summed E-state index contributed by atoms with van der Waals surface area (Å²) in [5, 5.41) is 13.0. The summed E-state index contributed by atoms with van der Waals surface area (Å²) in [4.78, 5) is 0. The van der Waals surface area contributed by atoms with Gasteiger partial charge in [-0.25, -0.2) is 0 Å². The molecule has 0 aliphatic rings. The van der Waals surface area contributed by atoms with Crippen LogP contribution in [0.4, 0.5) is 5.13 Å². The number of aromatic nitrogens is 2. The molecule has 0 atom stereocenters. The minimum absolute atomic E-state index is 0.296. The van der Waals surface area contributed by atoms with Crippen LogP contribution in [0.15, 0.2) is 0 Å². The SMILES string of the molecule is CNc1nnc(CC(C)(C)C)s1. The van der Waals surface area contributed by atoms with Gasteiger partial charge >= 0.3 is 0 Å². The third-order valence-electron chi connectivity index (χ3n) is 1.36. The third kappa shape index (κ3) is 2.77. The predicted octanol–water partition coefficient (Wildman–Crippen LogP) is 2.17. The van der Waals surface area contributed by atoms with Gasteiger partial charge in [0.05, 0.1) is 0 Å². The summed E-state index contributed by atoms with van der Waals surface area (Å²) in [6.45, 7) is 6.61. The van der Waals surface area contributed by atoms with E-state index in [4.69, 9.17) is 0 Å². The van der Waals surface area contributed by atoms with Crippen LogP contribution in [0.25, 0.3) is 0 Å². The van der Waals surface area contributed by atoms with Gasteiger partial charge in [0.15, 0.2) is 0 Å². The maximum Gasteiger partial charge on any atom is 0.205 e. The van der Waals surface area contributed by atoms with Crippen LogP contribution < -0.4 is 5.32 Å². The van der Waals surface area contributed by atoms with Crippen molar-refractivity contribution in [2.24, 2.45) is 5.41 Å². The Labute approximate surface area is 77.2 Å². The molecule has 0 bridgehead atoms. The van der Waals surface area contributed by atoms with Gasteiger partial charge in [-0.3, -0.25) is 0 Å². The Hall–Kier alpha value is -0.640. The second-order valence-electron chi connectivity index (χ2n) is 3.99. The third-order valence-corrected chi connectivity index (χ3v) is 2.30. The van der Waals surface area contributed by atoms with Gasteiger partial charge in [0.25, 0.3) is 0 Å². The van der Waals surface area contributed by atoms with Crippen molar-refractivity contribution in [1.29, 1.82) is 0 Å². The summed E-state index contributed by atoms with van der Waals surface area (Å²) in [7, 11) is 1.86. The van der Waals surface area contributed by atoms with Gasteiger partial charge in [-0.15, -0.1) is 10.2 Å². The first-order valence-electron chi connectivity index (χ1n) is 4.01. The highest BCUT2D eigenvalue weighted by atomic mass is 32.1. The van der Waals surface area contributed by atoms with Gasteiger partial charge in [-0.05, 0) is 5.41 Å². The molecule has 1 N–H and O–H groups in total. The molecule has 0 aliphatic heterocycles. The molecule has 0 aliphatic carbocycles. The topological polar surface area (TPSA) is 37.8 Å². The van der Waals surface area contributed by atoms with Crippen molar-refractivity contribution in [3.05, 3.63) is 5.01 Å². The molecule has 1 aromatic rings. The molecule has 0 fully saturated rings.